The standard InChI is InChI=1S/C15H25N3O4S/c1-10(2)9-16-15(19)11(3)17-12-6-7-14(22-4)13(8-12)18-23(5,20)21/h6-8,10-11,17-18H,9H2,1-5H3,(H,16,19). The maximum atomic E-state index is 12.0. The molecule has 0 aromatic heterocycles. The molecule has 1 unspecified atom stereocenters. The van der Waals surface area contributed by atoms with E-state index < -0.39 is 16.1 Å². The summed E-state index contributed by atoms with van der Waals surface area (Å²) >= 11 is 0. The molecule has 0 saturated carbocycles. The number of benzene rings is 1. The van der Waals surface area contributed by atoms with Crippen LogP contribution in [0, 0.1) is 5.92 Å². The molecule has 8 heteroatoms. The predicted octanol–water partition coefficient (Wildman–Crippen LogP) is 1.64. The van der Waals surface area contributed by atoms with Crippen molar-refractivity contribution >= 4 is 27.3 Å². The molecule has 0 radical (unpaired) electrons. The Balaban J connectivity index is 2.84. The Morgan fingerprint density at radius 3 is 2.43 bits per heavy atom. The van der Waals surface area contributed by atoms with E-state index in [1.54, 1.807) is 25.1 Å². The lowest BCUT2D eigenvalue weighted by molar-refractivity contribution is -0.121. The molecule has 0 fully saturated rings. The van der Waals surface area contributed by atoms with E-state index >= 15 is 0 Å². The SMILES string of the molecule is COc1ccc(NC(C)C(=O)NCC(C)C)cc1NS(C)(=O)=O. The summed E-state index contributed by atoms with van der Waals surface area (Å²) in [6, 6.07) is 4.49. The first kappa shape index (κ1) is 19.1. The molecule has 0 spiro atoms. The highest BCUT2D eigenvalue weighted by atomic mass is 32.2. The number of nitrogens with one attached hydrogen (secondary N) is 3. The normalized spacial score (nSPS) is 12.6. The fourth-order valence-electron chi connectivity index (χ4n) is 1.85. The van der Waals surface area contributed by atoms with Crippen molar-refractivity contribution in [1.82, 2.24) is 5.32 Å². The van der Waals surface area contributed by atoms with Gasteiger partial charge in [-0.25, -0.2) is 8.42 Å². The van der Waals surface area contributed by atoms with E-state index in [-0.39, 0.29) is 5.91 Å². The van der Waals surface area contributed by atoms with Crippen LogP contribution in [0.25, 0.3) is 0 Å². The number of rotatable bonds is 8. The van der Waals surface area contributed by atoms with Crippen LogP contribution >= 0.6 is 0 Å². The van der Waals surface area contributed by atoms with Gasteiger partial charge in [0.1, 0.15) is 11.8 Å². The average molecular weight is 343 g/mol. The molecule has 1 amide bonds. The maximum absolute atomic E-state index is 12.0. The Morgan fingerprint density at radius 1 is 1.26 bits per heavy atom. The molecule has 7 nitrogen and oxygen atoms in total. The third-order valence-corrected chi connectivity index (χ3v) is 3.55. The van der Waals surface area contributed by atoms with Crippen molar-refractivity contribution < 1.29 is 17.9 Å². The van der Waals surface area contributed by atoms with Crippen molar-refractivity contribution in [3.05, 3.63) is 18.2 Å². The van der Waals surface area contributed by atoms with Gasteiger partial charge in [0.2, 0.25) is 15.9 Å². The molecule has 0 aliphatic carbocycles. The molecule has 1 aromatic carbocycles. The zero-order valence-electron chi connectivity index (χ0n) is 14.1. The van der Waals surface area contributed by atoms with Crippen LogP contribution in [-0.4, -0.2) is 40.3 Å². The third-order valence-electron chi connectivity index (χ3n) is 2.96. The Morgan fingerprint density at radius 2 is 1.91 bits per heavy atom. The highest BCUT2D eigenvalue weighted by Gasteiger charge is 2.14. The maximum Gasteiger partial charge on any atom is 0.242 e. The van der Waals surface area contributed by atoms with Crippen LogP contribution in [0.5, 0.6) is 5.75 Å². The predicted molar refractivity (Wildman–Crippen MR) is 92.4 cm³/mol. The first-order valence-corrected chi connectivity index (χ1v) is 9.21. The fraction of sp³-hybridized carbons (Fsp3) is 0.533. The average Bonchev–Trinajstić information content (AvgIpc) is 2.43. The second-order valence-electron chi connectivity index (χ2n) is 5.79. The van der Waals surface area contributed by atoms with Gasteiger partial charge < -0.3 is 15.4 Å². The van der Waals surface area contributed by atoms with Gasteiger partial charge in [-0.05, 0) is 31.0 Å². The highest BCUT2D eigenvalue weighted by Crippen LogP contribution is 2.28. The summed E-state index contributed by atoms with van der Waals surface area (Å²) in [7, 11) is -1.97. The van der Waals surface area contributed by atoms with Crippen LogP contribution < -0.4 is 20.1 Å². The van der Waals surface area contributed by atoms with E-state index in [1.165, 1.54) is 7.11 Å². The van der Waals surface area contributed by atoms with Crippen molar-refractivity contribution in [2.45, 2.75) is 26.8 Å². The minimum absolute atomic E-state index is 0.118. The van der Waals surface area contributed by atoms with Crippen LogP contribution in [0.2, 0.25) is 0 Å². The first-order chi connectivity index (χ1) is 10.6. The molecule has 1 rings (SSSR count). The molecular weight excluding hydrogens is 318 g/mol. The zero-order valence-corrected chi connectivity index (χ0v) is 15.0. The van der Waals surface area contributed by atoms with E-state index in [0.29, 0.717) is 29.6 Å². The molecule has 23 heavy (non-hydrogen) atoms. The minimum Gasteiger partial charge on any atom is -0.495 e. The number of anilines is 2. The smallest absolute Gasteiger partial charge is 0.242 e. The van der Waals surface area contributed by atoms with Gasteiger partial charge in [-0.3, -0.25) is 9.52 Å². The Labute approximate surface area is 137 Å². The second-order valence-corrected chi connectivity index (χ2v) is 7.54. The van der Waals surface area contributed by atoms with Gasteiger partial charge in [0.15, 0.2) is 0 Å². The summed E-state index contributed by atoms with van der Waals surface area (Å²) in [5, 5.41) is 5.88. The van der Waals surface area contributed by atoms with Gasteiger partial charge in [0.25, 0.3) is 0 Å². The Kier molecular flexibility index (Phi) is 6.68. The lowest BCUT2D eigenvalue weighted by Gasteiger charge is -2.18. The number of hydrogen-bond acceptors (Lipinski definition) is 5. The molecule has 0 aliphatic heterocycles. The molecule has 130 valence electrons. The molecule has 0 bridgehead atoms. The third kappa shape index (κ3) is 6.77. The van der Waals surface area contributed by atoms with Crippen LogP contribution in [0.3, 0.4) is 0 Å². The number of methoxy groups -OCH3 is 1. The lowest BCUT2D eigenvalue weighted by Crippen LogP contribution is -2.39. The number of sulfonamides is 1. The highest BCUT2D eigenvalue weighted by molar-refractivity contribution is 7.92. The van der Waals surface area contributed by atoms with E-state index in [1.807, 2.05) is 13.8 Å². The number of hydrogen-bond donors (Lipinski definition) is 3. The topological polar surface area (TPSA) is 96.5 Å². The summed E-state index contributed by atoms with van der Waals surface area (Å²) in [6.45, 7) is 6.38. The van der Waals surface area contributed by atoms with E-state index in [4.69, 9.17) is 4.74 Å². The Hall–Kier alpha value is -1.96. The summed E-state index contributed by atoms with van der Waals surface area (Å²) in [6.07, 6.45) is 1.06. The zero-order chi connectivity index (χ0) is 17.6. The molecule has 0 saturated heterocycles. The molecule has 0 heterocycles. The van der Waals surface area contributed by atoms with E-state index in [9.17, 15) is 13.2 Å². The second kappa shape index (κ2) is 8.05. The van der Waals surface area contributed by atoms with Crippen LogP contribution in [0.1, 0.15) is 20.8 Å². The summed E-state index contributed by atoms with van der Waals surface area (Å²) in [4.78, 5) is 12.0. The van der Waals surface area contributed by atoms with Gasteiger partial charge >= 0.3 is 0 Å². The van der Waals surface area contributed by atoms with E-state index in [2.05, 4.69) is 15.4 Å². The number of ether oxygens (including phenoxy) is 1. The van der Waals surface area contributed by atoms with Gasteiger partial charge in [0.05, 0.1) is 19.1 Å². The summed E-state index contributed by atoms with van der Waals surface area (Å²) in [5.41, 5.74) is 0.930. The van der Waals surface area contributed by atoms with E-state index in [0.717, 1.165) is 6.26 Å². The number of amides is 1. The summed E-state index contributed by atoms with van der Waals surface area (Å²) in [5.74, 6) is 0.655. The molecule has 0 aliphatic rings. The van der Waals surface area contributed by atoms with Crippen molar-refractivity contribution in [2.75, 3.05) is 29.9 Å². The van der Waals surface area contributed by atoms with Gasteiger partial charge in [-0.15, -0.1) is 0 Å². The lowest BCUT2D eigenvalue weighted by atomic mass is 10.2. The molecule has 3 N–H and O–H groups in total. The van der Waals surface area contributed by atoms with Crippen molar-refractivity contribution in [2.24, 2.45) is 5.92 Å². The van der Waals surface area contributed by atoms with Crippen LogP contribution in [0.4, 0.5) is 11.4 Å². The van der Waals surface area contributed by atoms with Gasteiger partial charge in [-0.2, -0.15) is 0 Å². The van der Waals surface area contributed by atoms with Crippen molar-refractivity contribution in [1.29, 1.82) is 0 Å². The van der Waals surface area contributed by atoms with Crippen molar-refractivity contribution in [3.63, 3.8) is 0 Å². The van der Waals surface area contributed by atoms with Crippen LogP contribution in [0.15, 0.2) is 18.2 Å². The van der Waals surface area contributed by atoms with Crippen molar-refractivity contribution in [3.8, 4) is 5.75 Å². The minimum atomic E-state index is -3.43. The van der Waals surface area contributed by atoms with Gasteiger partial charge in [-0.1, -0.05) is 13.8 Å². The monoisotopic (exact) mass is 343 g/mol. The summed E-state index contributed by atoms with van der Waals surface area (Å²) < 4.78 is 30.3. The number of carbonyl (C=O) groups excluding carboxylic acids is 1. The molecule has 1 aromatic rings. The molecule has 1 atom stereocenters. The van der Waals surface area contributed by atoms with Crippen LogP contribution in [-0.2, 0) is 14.8 Å². The van der Waals surface area contributed by atoms with Gasteiger partial charge in [0, 0.05) is 12.2 Å². The Bertz CT molecular complexity index is 644. The number of carbonyl (C=O) groups is 1. The quantitative estimate of drug-likeness (QED) is 0.667. The largest absolute Gasteiger partial charge is 0.495 e. The fourth-order valence-corrected chi connectivity index (χ4v) is 2.41. The first-order valence-electron chi connectivity index (χ1n) is 7.32. The molecular formula is C15H25N3O4S.